The quantitative estimate of drug-likeness (QED) is 0.563. The Hall–Kier alpha value is -1.83. The molecule has 120 valence electrons. The zero-order valence-electron chi connectivity index (χ0n) is 11.4. The molecule has 1 N–H and O–H groups in total. The molecule has 6 nitrogen and oxygen atoms in total. The van der Waals surface area contributed by atoms with E-state index in [1.807, 2.05) is 0 Å². The van der Waals surface area contributed by atoms with E-state index in [2.05, 4.69) is 21.2 Å². The van der Waals surface area contributed by atoms with Crippen molar-refractivity contribution >= 4 is 56.4 Å². The second kappa shape index (κ2) is 7.63. The van der Waals surface area contributed by atoms with E-state index < -0.39 is 10.8 Å². The smallest absolute Gasteiger partial charge is 0.289 e. The highest BCUT2D eigenvalue weighted by Gasteiger charge is 2.17. The zero-order valence-corrected chi connectivity index (χ0v) is 14.5. The van der Waals surface area contributed by atoms with Gasteiger partial charge in [0.25, 0.3) is 11.6 Å². The van der Waals surface area contributed by atoms with E-state index in [-0.39, 0.29) is 28.0 Å². The van der Waals surface area contributed by atoms with Crippen molar-refractivity contribution in [1.82, 2.24) is 0 Å². The van der Waals surface area contributed by atoms with Gasteiger partial charge < -0.3 is 10.1 Å². The lowest BCUT2D eigenvalue weighted by Gasteiger charge is -2.09. The third-order valence-corrected chi connectivity index (χ3v) is 3.83. The maximum absolute atomic E-state index is 11.9. The Morgan fingerprint density at radius 1 is 1.22 bits per heavy atom. The Morgan fingerprint density at radius 3 is 2.48 bits per heavy atom. The highest BCUT2D eigenvalue weighted by atomic mass is 79.9. The Kier molecular flexibility index (Phi) is 5.81. The van der Waals surface area contributed by atoms with Crippen LogP contribution in [0.25, 0.3) is 0 Å². The molecule has 0 atom stereocenters. The number of rotatable bonds is 5. The van der Waals surface area contributed by atoms with Crippen LogP contribution in [-0.4, -0.2) is 17.4 Å². The number of nitrogens with one attached hydrogen (secondary N) is 1. The number of carbonyl (C=O) groups is 1. The molecule has 0 aliphatic rings. The van der Waals surface area contributed by atoms with Crippen LogP contribution in [0.15, 0.2) is 40.9 Å². The Balaban J connectivity index is 2.01. The Labute approximate surface area is 149 Å². The SMILES string of the molecule is O=C(COc1ccc(Br)cc1)Nc1cc(Cl)c([N+](=O)[O-])cc1Cl. The fraction of sp³-hybridized carbons (Fsp3) is 0.0714. The summed E-state index contributed by atoms with van der Waals surface area (Å²) in [5.41, 5.74) is -0.160. The van der Waals surface area contributed by atoms with E-state index in [0.29, 0.717) is 5.75 Å². The van der Waals surface area contributed by atoms with Crippen LogP contribution in [0.3, 0.4) is 0 Å². The monoisotopic (exact) mass is 418 g/mol. The van der Waals surface area contributed by atoms with Gasteiger partial charge in [0.15, 0.2) is 6.61 Å². The summed E-state index contributed by atoms with van der Waals surface area (Å²) >= 11 is 15.0. The van der Waals surface area contributed by atoms with Crippen molar-refractivity contribution in [3.63, 3.8) is 0 Å². The molecule has 0 saturated heterocycles. The summed E-state index contributed by atoms with van der Waals surface area (Å²) in [6.07, 6.45) is 0. The Bertz CT molecular complexity index is 753. The number of nitrogens with zero attached hydrogens (tertiary/aromatic N) is 1. The van der Waals surface area contributed by atoms with Crippen molar-refractivity contribution < 1.29 is 14.5 Å². The molecule has 2 aromatic carbocycles. The van der Waals surface area contributed by atoms with Crippen LogP contribution in [-0.2, 0) is 4.79 Å². The van der Waals surface area contributed by atoms with Crippen molar-refractivity contribution in [2.24, 2.45) is 0 Å². The predicted molar refractivity (Wildman–Crippen MR) is 91.4 cm³/mol. The van der Waals surface area contributed by atoms with Crippen molar-refractivity contribution in [1.29, 1.82) is 0 Å². The number of ether oxygens (including phenoxy) is 1. The molecule has 2 aromatic rings. The molecule has 2 rings (SSSR count). The van der Waals surface area contributed by atoms with Gasteiger partial charge in [0.1, 0.15) is 10.8 Å². The number of hydrogen-bond donors (Lipinski definition) is 1. The highest BCUT2D eigenvalue weighted by molar-refractivity contribution is 9.10. The zero-order chi connectivity index (χ0) is 17.0. The number of anilines is 1. The molecule has 0 spiro atoms. The fourth-order valence-electron chi connectivity index (χ4n) is 1.64. The fourth-order valence-corrected chi connectivity index (χ4v) is 2.34. The first-order valence-corrected chi connectivity index (χ1v) is 7.73. The van der Waals surface area contributed by atoms with E-state index in [9.17, 15) is 14.9 Å². The van der Waals surface area contributed by atoms with E-state index >= 15 is 0 Å². The lowest BCUT2D eigenvalue weighted by molar-refractivity contribution is -0.384. The van der Waals surface area contributed by atoms with Gasteiger partial charge in [-0.15, -0.1) is 0 Å². The van der Waals surface area contributed by atoms with Gasteiger partial charge in [0.05, 0.1) is 15.6 Å². The molecule has 1 amide bonds. The first-order valence-electron chi connectivity index (χ1n) is 6.18. The molecule has 0 aliphatic carbocycles. The molecule has 0 fully saturated rings. The van der Waals surface area contributed by atoms with Gasteiger partial charge in [-0.2, -0.15) is 0 Å². The van der Waals surface area contributed by atoms with Crippen molar-refractivity contribution in [2.45, 2.75) is 0 Å². The number of benzene rings is 2. The average molecular weight is 420 g/mol. The molecule has 9 heteroatoms. The summed E-state index contributed by atoms with van der Waals surface area (Å²) in [4.78, 5) is 21.9. The predicted octanol–water partition coefficient (Wildman–Crippen LogP) is 4.68. The minimum absolute atomic E-state index is 0.0121. The number of amides is 1. The average Bonchev–Trinajstić information content (AvgIpc) is 2.49. The van der Waals surface area contributed by atoms with Crippen LogP contribution in [0.5, 0.6) is 5.75 Å². The topological polar surface area (TPSA) is 81.5 Å². The third kappa shape index (κ3) is 4.82. The van der Waals surface area contributed by atoms with Crippen LogP contribution < -0.4 is 10.1 Å². The number of carbonyl (C=O) groups excluding carboxylic acids is 1. The van der Waals surface area contributed by atoms with Gasteiger partial charge in [-0.1, -0.05) is 39.1 Å². The molecule has 23 heavy (non-hydrogen) atoms. The second-order valence-electron chi connectivity index (χ2n) is 4.33. The Morgan fingerprint density at radius 2 is 1.87 bits per heavy atom. The standard InChI is InChI=1S/C14H9BrCl2N2O4/c15-8-1-3-9(4-2-8)23-7-14(20)18-12-5-11(17)13(19(21)22)6-10(12)16/h1-6H,7H2,(H,18,20). The number of nitro benzene ring substituents is 1. The summed E-state index contributed by atoms with van der Waals surface area (Å²) in [5.74, 6) is 0.0518. The van der Waals surface area contributed by atoms with Gasteiger partial charge in [-0.3, -0.25) is 14.9 Å². The van der Waals surface area contributed by atoms with Crippen LogP contribution in [0.2, 0.25) is 10.0 Å². The summed E-state index contributed by atoms with van der Waals surface area (Å²) in [6.45, 7) is -0.243. The van der Waals surface area contributed by atoms with Gasteiger partial charge in [-0.05, 0) is 30.3 Å². The highest BCUT2D eigenvalue weighted by Crippen LogP contribution is 2.33. The van der Waals surface area contributed by atoms with Crippen LogP contribution in [0, 0.1) is 10.1 Å². The largest absolute Gasteiger partial charge is 0.484 e. The number of hydrogen-bond acceptors (Lipinski definition) is 4. The van der Waals surface area contributed by atoms with Gasteiger partial charge in [0.2, 0.25) is 0 Å². The molecule has 0 aliphatic heterocycles. The molecule has 0 heterocycles. The van der Waals surface area contributed by atoms with Gasteiger partial charge in [-0.25, -0.2) is 0 Å². The minimum atomic E-state index is -0.656. The third-order valence-electron chi connectivity index (χ3n) is 2.69. The van der Waals surface area contributed by atoms with Crippen LogP contribution in [0.4, 0.5) is 11.4 Å². The number of halogens is 3. The molecule has 0 bridgehead atoms. The van der Waals surface area contributed by atoms with Crippen molar-refractivity contribution in [3.8, 4) is 5.75 Å². The van der Waals surface area contributed by atoms with E-state index in [0.717, 1.165) is 10.5 Å². The molecule has 0 saturated carbocycles. The lowest BCUT2D eigenvalue weighted by atomic mass is 10.2. The molecule has 0 aromatic heterocycles. The molecule has 0 unspecified atom stereocenters. The van der Waals surface area contributed by atoms with Gasteiger partial charge >= 0.3 is 0 Å². The van der Waals surface area contributed by atoms with Crippen LogP contribution in [0.1, 0.15) is 0 Å². The first-order chi connectivity index (χ1) is 10.9. The number of nitro groups is 1. The molecular weight excluding hydrogens is 411 g/mol. The summed E-state index contributed by atoms with van der Waals surface area (Å²) in [6, 6.07) is 9.26. The lowest BCUT2D eigenvalue weighted by Crippen LogP contribution is -2.20. The summed E-state index contributed by atoms with van der Waals surface area (Å²) < 4.78 is 6.20. The minimum Gasteiger partial charge on any atom is -0.484 e. The second-order valence-corrected chi connectivity index (χ2v) is 6.06. The normalized spacial score (nSPS) is 10.2. The molecule has 0 radical (unpaired) electrons. The summed E-state index contributed by atoms with van der Waals surface area (Å²) in [7, 11) is 0. The summed E-state index contributed by atoms with van der Waals surface area (Å²) in [5, 5.41) is 13.1. The first kappa shape index (κ1) is 17.5. The molecular formula is C14H9BrCl2N2O4. The van der Waals surface area contributed by atoms with E-state index in [1.54, 1.807) is 24.3 Å². The maximum Gasteiger partial charge on any atom is 0.289 e. The van der Waals surface area contributed by atoms with Crippen molar-refractivity contribution in [2.75, 3.05) is 11.9 Å². The maximum atomic E-state index is 11.9. The van der Waals surface area contributed by atoms with Crippen LogP contribution >= 0.6 is 39.1 Å². The van der Waals surface area contributed by atoms with E-state index in [1.165, 1.54) is 6.07 Å². The van der Waals surface area contributed by atoms with Gasteiger partial charge in [0, 0.05) is 10.5 Å². The van der Waals surface area contributed by atoms with E-state index in [4.69, 9.17) is 27.9 Å². The van der Waals surface area contributed by atoms with Crippen molar-refractivity contribution in [3.05, 3.63) is 61.0 Å².